The second-order valence-electron chi connectivity index (χ2n) is 2.92. The van der Waals surface area contributed by atoms with Crippen LogP contribution in [0.15, 0.2) is 30.5 Å². The van der Waals surface area contributed by atoms with Crippen LogP contribution in [0.25, 0.3) is 11.4 Å². The predicted octanol–water partition coefficient (Wildman–Crippen LogP) is 1.72. The molecule has 76 valence electrons. The number of hydrogen-bond acceptors (Lipinski definition) is 4. The largest absolute Gasteiger partial charge is 0.372 e. The van der Waals surface area contributed by atoms with Crippen molar-refractivity contribution in [3.05, 3.63) is 36.3 Å². The van der Waals surface area contributed by atoms with Crippen LogP contribution in [0.4, 0.5) is 10.2 Å². The first kappa shape index (κ1) is 9.51. The average molecular weight is 204 g/mol. The van der Waals surface area contributed by atoms with Crippen LogP contribution in [-0.4, -0.2) is 22.2 Å². The van der Waals surface area contributed by atoms with E-state index < -0.39 is 0 Å². The zero-order valence-corrected chi connectivity index (χ0v) is 8.11. The van der Waals surface area contributed by atoms with E-state index in [0.717, 1.165) is 6.20 Å². The van der Waals surface area contributed by atoms with Gasteiger partial charge < -0.3 is 5.32 Å². The monoisotopic (exact) mass is 204 g/mol. The van der Waals surface area contributed by atoms with Gasteiger partial charge in [-0.2, -0.15) is 0 Å². The van der Waals surface area contributed by atoms with Crippen molar-refractivity contribution in [2.45, 2.75) is 0 Å². The molecule has 0 bridgehead atoms. The minimum absolute atomic E-state index is 0.362. The van der Waals surface area contributed by atoms with Gasteiger partial charge in [0.2, 0.25) is 0 Å². The van der Waals surface area contributed by atoms with Gasteiger partial charge in [0.25, 0.3) is 0 Å². The van der Waals surface area contributed by atoms with E-state index in [-0.39, 0.29) is 5.82 Å². The lowest BCUT2D eigenvalue weighted by Crippen LogP contribution is -1.96. The van der Waals surface area contributed by atoms with Crippen LogP contribution in [-0.2, 0) is 0 Å². The highest BCUT2D eigenvalue weighted by molar-refractivity contribution is 5.54. The third kappa shape index (κ3) is 2.07. The van der Waals surface area contributed by atoms with Crippen LogP contribution >= 0.6 is 0 Å². The molecule has 2 heterocycles. The van der Waals surface area contributed by atoms with E-state index in [4.69, 9.17) is 0 Å². The highest BCUT2D eigenvalue weighted by Crippen LogP contribution is 2.14. The highest BCUT2D eigenvalue weighted by atomic mass is 19.1. The second-order valence-corrected chi connectivity index (χ2v) is 2.92. The lowest BCUT2D eigenvalue weighted by Gasteiger charge is -2.00. The summed E-state index contributed by atoms with van der Waals surface area (Å²) in [6.45, 7) is 0. The van der Waals surface area contributed by atoms with Crippen LogP contribution in [0.1, 0.15) is 0 Å². The number of rotatable bonds is 2. The second kappa shape index (κ2) is 4.00. The number of halogens is 1. The number of aromatic nitrogens is 3. The van der Waals surface area contributed by atoms with Crippen molar-refractivity contribution < 1.29 is 4.39 Å². The minimum atomic E-state index is -0.362. The molecule has 0 aliphatic rings. The molecule has 0 saturated heterocycles. The topological polar surface area (TPSA) is 50.7 Å². The number of pyridine rings is 1. The quantitative estimate of drug-likeness (QED) is 0.809. The smallest absolute Gasteiger partial charge is 0.148 e. The summed E-state index contributed by atoms with van der Waals surface area (Å²) in [7, 11) is 1.76. The van der Waals surface area contributed by atoms with Gasteiger partial charge in [-0.05, 0) is 24.3 Å². The Morgan fingerprint density at radius 2 is 1.87 bits per heavy atom. The van der Waals surface area contributed by atoms with E-state index in [1.807, 2.05) is 0 Å². The van der Waals surface area contributed by atoms with Gasteiger partial charge >= 0.3 is 0 Å². The molecule has 0 aliphatic heterocycles. The van der Waals surface area contributed by atoms with Crippen molar-refractivity contribution in [2.75, 3.05) is 12.4 Å². The summed E-state index contributed by atoms with van der Waals surface area (Å²) in [6.07, 6.45) is 1.16. The van der Waals surface area contributed by atoms with Crippen LogP contribution in [0.3, 0.4) is 0 Å². The minimum Gasteiger partial charge on any atom is -0.372 e. The number of hydrogen-bond donors (Lipinski definition) is 1. The predicted molar refractivity (Wildman–Crippen MR) is 54.8 cm³/mol. The molecule has 0 amide bonds. The van der Waals surface area contributed by atoms with Crippen molar-refractivity contribution in [1.29, 1.82) is 0 Å². The zero-order valence-electron chi connectivity index (χ0n) is 8.11. The van der Waals surface area contributed by atoms with Gasteiger partial charge in [0, 0.05) is 7.05 Å². The third-order valence-corrected chi connectivity index (χ3v) is 1.91. The molecule has 0 atom stereocenters. The van der Waals surface area contributed by atoms with E-state index in [1.54, 1.807) is 25.2 Å². The summed E-state index contributed by atoms with van der Waals surface area (Å²) in [5.74, 6) is 0.319. The molecule has 0 aromatic carbocycles. The Hall–Kier alpha value is -2.04. The summed E-state index contributed by atoms with van der Waals surface area (Å²) in [6, 6.07) is 6.47. The maximum absolute atomic E-state index is 12.6. The van der Waals surface area contributed by atoms with Crippen molar-refractivity contribution in [1.82, 2.24) is 15.2 Å². The molecule has 15 heavy (non-hydrogen) atoms. The molecular weight excluding hydrogens is 195 g/mol. The summed E-state index contributed by atoms with van der Waals surface area (Å²) in [4.78, 5) is 3.91. The Labute approximate surface area is 86.2 Å². The van der Waals surface area contributed by atoms with E-state index in [1.165, 1.54) is 6.07 Å². The Bertz CT molecular complexity index is 438. The molecule has 0 fully saturated rings. The Kier molecular flexibility index (Phi) is 2.53. The number of nitrogens with one attached hydrogen (secondary N) is 1. The molecule has 0 unspecified atom stereocenters. The van der Waals surface area contributed by atoms with Gasteiger partial charge in [-0.15, -0.1) is 10.2 Å². The van der Waals surface area contributed by atoms with E-state index in [0.29, 0.717) is 17.2 Å². The van der Waals surface area contributed by atoms with Gasteiger partial charge in [-0.25, -0.2) is 4.39 Å². The van der Waals surface area contributed by atoms with Crippen molar-refractivity contribution in [3.63, 3.8) is 0 Å². The Morgan fingerprint density at radius 1 is 1.07 bits per heavy atom. The highest BCUT2D eigenvalue weighted by Gasteiger charge is 2.01. The number of nitrogens with zero attached hydrogens (tertiary/aromatic N) is 3. The molecule has 4 nitrogen and oxygen atoms in total. The molecule has 0 spiro atoms. The van der Waals surface area contributed by atoms with Crippen LogP contribution < -0.4 is 5.32 Å². The van der Waals surface area contributed by atoms with Gasteiger partial charge in [0.05, 0.1) is 11.9 Å². The molecule has 1 N–H and O–H groups in total. The van der Waals surface area contributed by atoms with Crippen LogP contribution in [0, 0.1) is 5.82 Å². The zero-order chi connectivity index (χ0) is 10.7. The summed E-state index contributed by atoms with van der Waals surface area (Å²) >= 11 is 0. The molecule has 0 radical (unpaired) electrons. The molecular formula is C10H9FN4. The van der Waals surface area contributed by atoms with E-state index >= 15 is 0 Å². The average Bonchev–Trinajstić information content (AvgIpc) is 2.30. The van der Waals surface area contributed by atoms with Gasteiger partial charge in [0.1, 0.15) is 17.3 Å². The molecule has 5 heteroatoms. The van der Waals surface area contributed by atoms with E-state index in [2.05, 4.69) is 20.5 Å². The fraction of sp³-hybridized carbons (Fsp3) is 0.100. The first-order valence-electron chi connectivity index (χ1n) is 4.43. The maximum Gasteiger partial charge on any atom is 0.148 e. The molecule has 0 saturated carbocycles. The summed E-state index contributed by atoms with van der Waals surface area (Å²) in [5, 5.41) is 10.7. The Balaban J connectivity index is 2.33. The maximum atomic E-state index is 12.6. The SMILES string of the molecule is CNc1ccc(-c2ccc(F)cn2)nn1. The first-order chi connectivity index (χ1) is 7.29. The van der Waals surface area contributed by atoms with E-state index in [9.17, 15) is 4.39 Å². The lowest BCUT2D eigenvalue weighted by atomic mass is 10.2. The van der Waals surface area contributed by atoms with Crippen LogP contribution in [0.5, 0.6) is 0 Å². The van der Waals surface area contributed by atoms with Gasteiger partial charge in [-0.1, -0.05) is 0 Å². The fourth-order valence-electron chi connectivity index (χ4n) is 1.13. The molecule has 2 rings (SSSR count). The standard InChI is InChI=1S/C10H9FN4/c1-12-10-5-4-9(14-15-10)8-3-2-7(11)6-13-8/h2-6H,1H3,(H,12,15). The third-order valence-electron chi connectivity index (χ3n) is 1.91. The fourth-order valence-corrected chi connectivity index (χ4v) is 1.13. The van der Waals surface area contributed by atoms with Crippen LogP contribution in [0.2, 0.25) is 0 Å². The lowest BCUT2D eigenvalue weighted by molar-refractivity contribution is 0.621. The Morgan fingerprint density at radius 3 is 2.40 bits per heavy atom. The molecule has 2 aromatic rings. The van der Waals surface area contributed by atoms with Crippen molar-refractivity contribution in [3.8, 4) is 11.4 Å². The van der Waals surface area contributed by atoms with Gasteiger partial charge in [0.15, 0.2) is 0 Å². The first-order valence-corrected chi connectivity index (χ1v) is 4.43. The van der Waals surface area contributed by atoms with Crippen molar-refractivity contribution >= 4 is 5.82 Å². The number of anilines is 1. The normalized spacial score (nSPS) is 10.0. The molecule has 2 aromatic heterocycles. The summed E-state index contributed by atoms with van der Waals surface area (Å²) < 4.78 is 12.6. The molecule has 0 aliphatic carbocycles. The van der Waals surface area contributed by atoms with Crippen molar-refractivity contribution in [2.24, 2.45) is 0 Å². The summed E-state index contributed by atoms with van der Waals surface area (Å²) in [5.41, 5.74) is 1.22. The van der Waals surface area contributed by atoms with Gasteiger partial charge in [-0.3, -0.25) is 4.98 Å².